The maximum Gasteiger partial charge on any atom is 0.335 e. The van der Waals surface area contributed by atoms with E-state index in [1.54, 1.807) is 35.6 Å². The third-order valence-electron chi connectivity index (χ3n) is 6.54. The van der Waals surface area contributed by atoms with Crippen LogP contribution in [0.15, 0.2) is 57.9 Å². The summed E-state index contributed by atoms with van der Waals surface area (Å²) in [6.07, 6.45) is 6.55. The summed E-state index contributed by atoms with van der Waals surface area (Å²) >= 11 is 1.24. The van der Waals surface area contributed by atoms with E-state index in [2.05, 4.69) is 30.5 Å². The minimum Gasteiger partial charge on any atom is -0.367 e. The summed E-state index contributed by atoms with van der Waals surface area (Å²) in [4.78, 5) is 41.6. The first kappa shape index (κ1) is 23.3. The number of pyridine rings is 1. The number of hydrogen-bond acceptors (Lipinski definition) is 9. The van der Waals surface area contributed by atoms with E-state index in [0.717, 1.165) is 48.5 Å². The van der Waals surface area contributed by atoms with Gasteiger partial charge in [0, 0.05) is 62.2 Å². The van der Waals surface area contributed by atoms with Gasteiger partial charge in [0.25, 0.3) is 5.91 Å². The molecule has 0 spiro atoms. The molecule has 11 nitrogen and oxygen atoms in total. The molecular weight excluding hydrogens is 490 g/mol. The molecule has 1 atom stereocenters. The van der Waals surface area contributed by atoms with Crippen molar-refractivity contribution in [1.29, 1.82) is 0 Å². The number of para-hydroxylation sites is 1. The zero-order valence-electron chi connectivity index (χ0n) is 20.1. The average Bonchev–Trinajstić information content (AvgIpc) is 3.64. The molecule has 1 amide bonds. The van der Waals surface area contributed by atoms with Crippen molar-refractivity contribution in [1.82, 2.24) is 24.4 Å². The Hall–Kier alpha value is -4.13. The second-order valence-corrected chi connectivity index (χ2v) is 9.68. The van der Waals surface area contributed by atoms with Crippen molar-refractivity contribution in [2.24, 2.45) is 17.8 Å². The van der Waals surface area contributed by atoms with Crippen molar-refractivity contribution < 1.29 is 4.79 Å². The highest BCUT2D eigenvalue weighted by atomic mass is 32.1. The number of aryl methyl sites for hydroxylation is 1. The van der Waals surface area contributed by atoms with E-state index in [4.69, 9.17) is 5.73 Å². The van der Waals surface area contributed by atoms with E-state index in [0.29, 0.717) is 16.3 Å². The van der Waals surface area contributed by atoms with Gasteiger partial charge in [0.1, 0.15) is 11.9 Å². The van der Waals surface area contributed by atoms with Crippen molar-refractivity contribution >= 4 is 51.4 Å². The maximum absolute atomic E-state index is 13.3. The third kappa shape index (κ3) is 4.14. The van der Waals surface area contributed by atoms with Gasteiger partial charge in [-0.1, -0.05) is 12.1 Å². The van der Waals surface area contributed by atoms with Crippen LogP contribution in [0.4, 0.5) is 11.4 Å². The fourth-order valence-electron chi connectivity index (χ4n) is 4.75. The summed E-state index contributed by atoms with van der Waals surface area (Å²) in [6, 6.07) is 7.58. The van der Waals surface area contributed by atoms with E-state index in [9.17, 15) is 9.59 Å². The van der Waals surface area contributed by atoms with Gasteiger partial charge in [0.15, 0.2) is 5.13 Å². The van der Waals surface area contributed by atoms with Crippen molar-refractivity contribution in [2.75, 3.05) is 36.4 Å². The molecule has 2 aliphatic rings. The highest BCUT2D eigenvalue weighted by Crippen LogP contribution is 2.29. The van der Waals surface area contributed by atoms with Crippen LogP contribution in [0.1, 0.15) is 16.1 Å². The number of amides is 1. The lowest BCUT2D eigenvalue weighted by atomic mass is 10.1. The Labute approximate surface area is 216 Å². The first-order valence-corrected chi connectivity index (χ1v) is 12.8. The zero-order valence-corrected chi connectivity index (χ0v) is 20.9. The van der Waals surface area contributed by atoms with Gasteiger partial charge >= 0.3 is 5.69 Å². The van der Waals surface area contributed by atoms with E-state index in [1.165, 1.54) is 15.9 Å². The van der Waals surface area contributed by atoms with Crippen LogP contribution >= 0.6 is 11.3 Å². The van der Waals surface area contributed by atoms with Crippen molar-refractivity contribution in [3.8, 4) is 5.13 Å². The molecule has 12 heteroatoms. The number of fused-ring (bicyclic) bond motifs is 1. The molecule has 0 aliphatic carbocycles. The van der Waals surface area contributed by atoms with Gasteiger partial charge in [-0.15, -0.1) is 11.3 Å². The van der Waals surface area contributed by atoms with Gasteiger partial charge in [0.05, 0.1) is 28.6 Å². The number of imidazole rings is 1. The summed E-state index contributed by atoms with van der Waals surface area (Å²) in [7, 11) is 1.72. The number of rotatable bonds is 5. The Kier molecular flexibility index (Phi) is 5.91. The Morgan fingerprint density at radius 2 is 2.08 bits per heavy atom. The number of allylic oxidation sites excluding steroid dienone is 1. The highest BCUT2D eigenvalue weighted by Gasteiger charge is 2.22. The van der Waals surface area contributed by atoms with Crippen LogP contribution in [0, 0.1) is 0 Å². The van der Waals surface area contributed by atoms with Crippen LogP contribution in [0.25, 0.3) is 21.7 Å². The summed E-state index contributed by atoms with van der Waals surface area (Å²) < 4.78 is 3.11. The Morgan fingerprint density at radius 1 is 1.24 bits per heavy atom. The number of aromatic nitrogens is 4. The van der Waals surface area contributed by atoms with Crippen LogP contribution < -0.4 is 27.0 Å². The van der Waals surface area contributed by atoms with Crippen molar-refractivity contribution in [3.63, 3.8) is 0 Å². The molecule has 1 fully saturated rings. The summed E-state index contributed by atoms with van der Waals surface area (Å²) in [5.74, 6) is -0.359. The van der Waals surface area contributed by atoms with Gasteiger partial charge < -0.3 is 21.3 Å². The fourth-order valence-corrected chi connectivity index (χ4v) is 5.56. The van der Waals surface area contributed by atoms with E-state index in [1.807, 2.05) is 30.3 Å². The summed E-state index contributed by atoms with van der Waals surface area (Å²) in [5, 5.41) is 8.35. The number of thiazole rings is 1. The predicted molar refractivity (Wildman–Crippen MR) is 146 cm³/mol. The number of nitrogens with zero attached hydrogens (tertiary/aromatic N) is 6. The summed E-state index contributed by atoms with van der Waals surface area (Å²) in [5.41, 5.74) is 10.6. The number of carbonyl (C=O) groups is 1. The largest absolute Gasteiger partial charge is 0.367 e. The molecule has 188 valence electrons. The standard InChI is InChI=1S/C25H25N9O2S/c1-32-22-16(15-11-21(26)29-12-15)3-2-4-20(22)34(25(32)36)24-31-18(14-37-24)23(35)30-17-13-28-6-5-19(17)33-9-7-27-8-10-33/h2-6,11-14,21,27H,7-10,26H2,1H3,(H,30,35). The Balaban J connectivity index is 1.33. The number of carbonyl (C=O) groups excluding carboxylic acids is 1. The van der Waals surface area contributed by atoms with Crippen molar-refractivity contribution in [3.05, 3.63) is 69.9 Å². The molecule has 0 saturated carbocycles. The fraction of sp³-hybridized carbons (Fsp3) is 0.240. The summed E-state index contributed by atoms with van der Waals surface area (Å²) in [6.45, 7) is 3.44. The topological polar surface area (TPSA) is 135 Å². The Bertz CT molecular complexity index is 1620. The molecule has 4 aromatic rings. The molecule has 37 heavy (non-hydrogen) atoms. The molecule has 6 rings (SSSR count). The molecule has 0 bridgehead atoms. The monoisotopic (exact) mass is 515 g/mol. The average molecular weight is 516 g/mol. The quantitative estimate of drug-likeness (QED) is 0.367. The Morgan fingerprint density at radius 3 is 2.86 bits per heavy atom. The second kappa shape index (κ2) is 9.39. The number of piperazine rings is 1. The van der Waals surface area contributed by atoms with Gasteiger partial charge in [-0.25, -0.2) is 14.3 Å². The number of hydrogen-bond donors (Lipinski definition) is 3. The van der Waals surface area contributed by atoms with Crippen molar-refractivity contribution in [2.45, 2.75) is 6.17 Å². The predicted octanol–water partition coefficient (Wildman–Crippen LogP) is 1.60. The van der Waals surface area contributed by atoms with E-state index < -0.39 is 6.17 Å². The second-order valence-electron chi connectivity index (χ2n) is 8.84. The number of aliphatic imine (C=N–C) groups is 1. The molecular formula is C25H25N9O2S. The van der Waals surface area contributed by atoms with E-state index >= 15 is 0 Å². The first-order chi connectivity index (χ1) is 18.0. The molecule has 1 unspecified atom stereocenters. The number of nitrogens with one attached hydrogen (secondary N) is 2. The third-order valence-corrected chi connectivity index (χ3v) is 7.36. The SMILES string of the molecule is Cn1c(=O)n(-c2nc(C(=O)Nc3cnccc3N3CCNCC3)cs2)c2cccc(C3=CC(N)N=C3)c21. The van der Waals surface area contributed by atoms with E-state index in [-0.39, 0.29) is 17.3 Å². The number of anilines is 2. The molecule has 5 heterocycles. The van der Waals surface area contributed by atoms with Gasteiger partial charge in [0.2, 0.25) is 0 Å². The lowest BCUT2D eigenvalue weighted by molar-refractivity contribution is 0.102. The normalized spacial score (nSPS) is 17.4. The lowest BCUT2D eigenvalue weighted by Crippen LogP contribution is -2.43. The number of benzene rings is 1. The lowest BCUT2D eigenvalue weighted by Gasteiger charge is -2.30. The van der Waals surface area contributed by atoms with Crippen LogP contribution in [0.3, 0.4) is 0 Å². The minimum atomic E-state index is -0.392. The highest BCUT2D eigenvalue weighted by molar-refractivity contribution is 7.12. The molecule has 1 aromatic carbocycles. The van der Waals surface area contributed by atoms with Crippen LogP contribution in [-0.2, 0) is 7.05 Å². The maximum atomic E-state index is 13.3. The molecule has 4 N–H and O–H groups in total. The van der Waals surface area contributed by atoms with Gasteiger partial charge in [-0.05, 0) is 18.2 Å². The molecule has 0 radical (unpaired) electrons. The minimum absolute atomic E-state index is 0.228. The smallest absolute Gasteiger partial charge is 0.335 e. The molecule has 1 saturated heterocycles. The van der Waals surface area contributed by atoms with Crippen LogP contribution in [0.2, 0.25) is 0 Å². The van der Waals surface area contributed by atoms with Crippen LogP contribution in [0.5, 0.6) is 0 Å². The first-order valence-electron chi connectivity index (χ1n) is 11.9. The molecule has 2 aliphatic heterocycles. The number of nitrogens with two attached hydrogens (primary N) is 1. The zero-order chi connectivity index (χ0) is 25.5. The van der Waals surface area contributed by atoms with Gasteiger partial charge in [-0.2, -0.15) is 0 Å². The van der Waals surface area contributed by atoms with Crippen LogP contribution in [-0.4, -0.2) is 63.6 Å². The molecule has 3 aromatic heterocycles. The van der Waals surface area contributed by atoms with Gasteiger partial charge in [-0.3, -0.25) is 19.3 Å².